The van der Waals surface area contributed by atoms with E-state index in [-0.39, 0.29) is 0 Å². The molecule has 6 heavy (non-hydrogen) atoms. The van der Waals surface area contributed by atoms with Crippen LogP contribution in [0.4, 0.5) is 0 Å². The monoisotopic (exact) mass is 84.1 g/mol. The van der Waals surface area contributed by atoms with Gasteiger partial charge in [0.05, 0.1) is 0 Å². The third kappa shape index (κ3) is 3.56. The Labute approximate surface area is 41.0 Å². The Morgan fingerprint density at radius 2 is 2.83 bits per heavy atom. The zero-order valence-electron chi connectivity index (χ0n) is 4.91. The van der Waals surface area contributed by atoms with E-state index in [1.54, 1.807) is 0 Å². The molecule has 0 spiro atoms. The molecule has 0 atom stereocenters. The fraction of sp³-hybridized carbons (Fsp3) is 0.667. The molecule has 0 saturated heterocycles. The van der Waals surface area contributed by atoms with Crippen LogP contribution in [0.15, 0.2) is 0 Å². The number of unbranched alkanes of at least 4 members (excludes halogenated alkanes) is 2. The van der Waals surface area contributed by atoms with Crippen molar-refractivity contribution in [3.8, 4) is 12.3 Å². The van der Waals surface area contributed by atoms with Gasteiger partial charge >= 0.3 is 0 Å². The van der Waals surface area contributed by atoms with Crippen LogP contribution in [0.5, 0.6) is 0 Å². The van der Waals surface area contributed by atoms with Gasteiger partial charge in [-0.1, -0.05) is 13.3 Å². The van der Waals surface area contributed by atoms with Gasteiger partial charge in [-0.25, -0.2) is 0 Å². The molecule has 0 aliphatic heterocycles. The predicted molar refractivity (Wildman–Crippen MR) is 28.4 cm³/mol. The lowest BCUT2D eigenvalue weighted by Gasteiger charge is -1.79. The van der Waals surface area contributed by atoms with E-state index in [0.717, 1.165) is 19.3 Å². The quantitative estimate of drug-likeness (QED) is 0.353. The molecule has 0 aromatic carbocycles. The molecule has 0 aliphatic carbocycles. The fourth-order valence-corrected chi connectivity index (χ4v) is 0.227. The average molecular weight is 84.2 g/mol. The highest BCUT2D eigenvalue weighted by molar-refractivity contribution is 4.82. The molecule has 0 bridgehead atoms. The Morgan fingerprint density at radius 3 is 3.33 bits per heavy atom. The molecule has 0 heteroatoms. The number of hydrogen-bond acceptors (Lipinski definition) is 0. The molecule has 0 aliphatic rings. The van der Waals surface area contributed by atoms with Crippen LogP contribution in [0.3, 0.4) is 0 Å². The largest absolute Gasteiger partial charge is 0.120 e. The first-order valence-electron chi connectivity index (χ1n) is 2.85. The summed E-state index contributed by atoms with van der Waals surface area (Å²) in [5, 5.41) is 0. The smallest absolute Gasteiger partial charge is 0.0230 e. The average Bonchev–Trinajstić information content (AvgIpc) is 1.69. The molecular formula is C6H10. The third-order valence-corrected chi connectivity index (χ3v) is 0.571. The minimum Gasteiger partial charge on any atom is -0.120 e. The lowest BCUT2D eigenvalue weighted by molar-refractivity contribution is 0.828. The molecule has 0 heterocycles. The molecule has 0 amide bonds. The highest BCUT2D eigenvalue weighted by atomic mass is 13.8. The molecule has 0 N–H and O–H groups in total. The summed E-state index contributed by atoms with van der Waals surface area (Å²) in [6, 6.07) is 0. The molecule has 0 rings (SSSR count). The van der Waals surface area contributed by atoms with Crippen molar-refractivity contribution in [2.24, 2.45) is 0 Å². The zero-order chi connectivity index (χ0) is 5.54. The van der Waals surface area contributed by atoms with E-state index in [2.05, 4.69) is 5.92 Å². The summed E-state index contributed by atoms with van der Waals surface area (Å²) >= 11 is 0. The van der Waals surface area contributed by atoms with E-state index in [9.17, 15) is 0 Å². The van der Waals surface area contributed by atoms with Crippen molar-refractivity contribution in [2.45, 2.75) is 26.2 Å². The summed E-state index contributed by atoms with van der Waals surface area (Å²) in [6.45, 7) is 0.516. The lowest BCUT2D eigenvalue weighted by atomic mass is 10.3. The number of rotatable bonds is 2. The van der Waals surface area contributed by atoms with Crippen molar-refractivity contribution in [1.82, 2.24) is 0 Å². The molecule has 0 saturated carbocycles. The van der Waals surface area contributed by atoms with Crippen molar-refractivity contribution in [2.75, 3.05) is 0 Å². The van der Waals surface area contributed by atoms with Crippen molar-refractivity contribution in [3.63, 3.8) is 0 Å². The second-order valence-electron chi connectivity index (χ2n) is 1.16. The third-order valence-electron chi connectivity index (χ3n) is 0.571. The van der Waals surface area contributed by atoms with Crippen LogP contribution in [0.2, 0.25) is 0 Å². The van der Waals surface area contributed by atoms with Gasteiger partial charge in [0.2, 0.25) is 0 Å². The van der Waals surface area contributed by atoms with Gasteiger partial charge in [0, 0.05) is 7.79 Å². The van der Waals surface area contributed by atoms with Gasteiger partial charge < -0.3 is 0 Å². The normalized spacial score (nSPS) is 9.50. The first kappa shape index (κ1) is 3.74. The van der Waals surface area contributed by atoms with Crippen LogP contribution in [0.1, 0.15) is 27.5 Å². The van der Waals surface area contributed by atoms with Gasteiger partial charge in [-0.2, -0.15) is 0 Å². The van der Waals surface area contributed by atoms with Gasteiger partial charge in [-0.15, -0.1) is 12.3 Å². The van der Waals surface area contributed by atoms with E-state index >= 15 is 0 Å². The first-order chi connectivity index (χ1) is 3.41. The zero-order valence-corrected chi connectivity index (χ0v) is 3.91. The van der Waals surface area contributed by atoms with Crippen molar-refractivity contribution in [3.05, 3.63) is 0 Å². The van der Waals surface area contributed by atoms with Crippen molar-refractivity contribution in [1.29, 1.82) is 0 Å². The number of terminal acetylenes is 1. The minimum absolute atomic E-state index is 0.516. The Balaban J connectivity index is 2.60. The van der Waals surface area contributed by atoms with Gasteiger partial charge in [-0.3, -0.25) is 0 Å². The van der Waals surface area contributed by atoms with Gasteiger partial charge in [0.15, 0.2) is 0 Å². The van der Waals surface area contributed by atoms with Crippen LogP contribution >= 0.6 is 0 Å². The summed E-state index contributed by atoms with van der Waals surface area (Å²) in [4.78, 5) is 0. The van der Waals surface area contributed by atoms with Crippen molar-refractivity contribution < 1.29 is 1.37 Å². The summed E-state index contributed by atoms with van der Waals surface area (Å²) < 4.78 is 6.71. The summed E-state index contributed by atoms with van der Waals surface area (Å²) in [5.41, 5.74) is 0. The van der Waals surface area contributed by atoms with Crippen LogP contribution in [0.25, 0.3) is 0 Å². The standard InChI is InChI=1S/C6H10/c1-3-5-6-4-2/h1H,4-6H2,2H3/i2T. The predicted octanol–water partition coefficient (Wildman–Crippen LogP) is 1.81. The molecule has 0 aromatic rings. The van der Waals surface area contributed by atoms with Gasteiger partial charge in [-0.05, 0) is 6.42 Å². The molecule has 0 fully saturated rings. The molecule has 0 radical (unpaired) electrons. The van der Waals surface area contributed by atoms with E-state index in [1.165, 1.54) is 0 Å². The highest BCUT2D eigenvalue weighted by Crippen LogP contribution is 1.88. The molecule has 0 nitrogen and oxygen atoms in total. The van der Waals surface area contributed by atoms with Crippen molar-refractivity contribution >= 4 is 0 Å². The second-order valence-corrected chi connectivity index (χ2v) is 1.16. The van der Waals surface area contributed by atoms with Crippen LogP contribution < -0.4 is 0 Å². The Morgan fingerprint density at radius 1 is 2.00 bits per heavy atom. The van der Waals surface area contributed by atoms with Gasteiger partial charge in [0.25, 0.3) is 0 Å². The lowest BCUT2D eigenvalue weighted by Crippen LogP contribution is -1.62. The summed E-state index contributed by atoms with van der Waals surface area (Å²) in [5.74, 6) is 2.52. The van der Waals surface area contributed by atoms with Crippen LogP contribution in [-0.2, 0) is 0 Å². The maximum Gasteiger partial charge on any atom is 0.0230 e. The highest BCUT2D eigenvalue weighted by Gasteiger charge is 1.71. The Hall–Kier alpha value is -0.440. The molecule has 34 valence electrons. The minimum atomic E-state index is 0.516. The maximum atomic E-state index is 6.71. The summed E-state index contributed by atoms with van der Waals surface area (Å²) in [7, 11) is 0. The number of hydrogen-bond donors (Lipinski definition) is 0. The Bertz CT molecular complexity index is 61.1. The van der Waals surface area contributed by atoms with E-state index < -0.39 is 0 Å². The molecule has 0 unspecified atom stereocenters. The van der Waals surface area contributed by atoms with Gasteiger partial charge in [0.1, 0.15) is 0 Å². The van der Waals surface area contributed by atoms with E-state index in [4.69, 9.17) is 7.79 Å². The topological polar surface area (TPSA) is 0 Å². The fourth-order valence-electron chi connectivity index (χ4n) is 0.227. The second kappa shape index (κ2) is 4.56. The molecule has 0 aromatic heterocycles. The van der Waals surface area contributed by atoms with Crippen LogP contribution in [-0.4, -0.2) is 0 Å². The summed E-state index contributed by atoms with van der Waals surface area (Å²) in [6.07, 6.45) is 7.75. The van der Waals surface area contributed by atoms with E-state index in [1.807, 2.05) is 0 Å². The SMILES string of the molecule is [3H]CCCCC#C. The first-order valence-corrected chi connectivity index (χ1v) is 2.14. The maximum absolute atomic E-state index is 6.71. The Kier molecular flexibility index (Phi) is 2.84. The van der Waals surface area contributed by atoms with Crippen LogP contribution in [0, 0.1) is 12.3 Å². The molecular weight excluding hydrogens is 72.1 g/mol. The van der Waals surface area contributed by atoms with E-state index in [0.29, 0.717) is 6.90 Å².